The molecule has 3 heteroatoms. The highest BCUT2D eigenvalue weighted by atomic mass is 16.5. The molecule has 0 unspecified atom stereocenters. The Bertz CT molecular complexity index is 172. The van der Waals surface area contributed by atoms with Gasteiger partial charge in [0.05, 0.1) is 19.9 Å². The average Bonchev–Trinajstić information content (AvgIpc) is 2.03. The lowest BCUT2D eigenvalue weighted by molar-refractivity contribution is 0.329. The van der Waals surface area contributed by atoms with Crippen molar-refractivity contribution in [2.75, 3.05) is 13.7 Å². The van der Waals surface area contributed by atoms with Crippen molar-refractivity contribution in [1.29, 1.82) is 0 Å². The minimum Gasteiger partial charge on any atom is -0.503 e. The van der Waals surface area contributed by atoms with Gasteiger partial charge in [-0.2, -0.15) is 0 Å². The van der Waals surface area contributed by atoms with Crippen LogP contribution < -0.4 is 0 Å². The van der Waals surface area contributed by atoms with Gasteiger partial charge in [0.25, 0.3) is 0 Å². The van der Waals surface area contributed by atoms with Crippen molar-refractivity contribution >= 4 is 6.21 Å². The van der Waals surface area contributed by atoms with Crippen LogP contribution in [0.2, 0.25) is 0 Å². The van der Waals surface area contributed by atoms with Crippen LogP contribution in [0.1, 0.15) is 0 Å². The van der Waals surface area contributed by atoms with Crippen molar-refractivity contribution in [2.24, 2.45) is 4.99 Å². The largest absolute Gasteiger partial charge is 0.503 e. The quantitative estimate of drug-likeness (QED) is 0.531. The average molecular weight is 138 g/mol. The molecule has 1 rings (SSSR count). The third-order valence-electron chi connectivity index (χ3n) is 1.13. The lowest BCUT2D eigenvalue weighted by Gasteiger charge is -2.13. The van der Waals surface area contributed by atoms with Gasteiger partial charge in [0.1, 0.15) is 0 Å². The number of ether oxygens (including phenoxy) is 1. The van der Waals surface area contributed by atoms with Crippen LogP contribution in [0.3, 0.4) is 0 Å². The van der Waals surface area contributed by atoms with E-state index in [-0.39, 0.29) is 0 Å². The number of hydrogen-bond acceptors (Lipinski definition) is 3. The smallest absolute Gasteiger partial charge is 0.0986 e. The van der Waals surface area contributed by atoms with Crippen LogP contribution in [0.15, 0.2) is 29.9 Å². The van der Waals surface area contributed by atoms with Crippen molar-refractivity contribution in [2.45, 2.75) is 0 Å². The molecule has 54 valence electrons. The summed E-state index contributed by atoms with van der Waals surface area (Å²) >= 11 is 0. The Morgan fingerprint density at radius 1 is 1.70 bits per heavy atom. The molecule has 0 N–H and O–H groups in total. The molecule has 0 aliphatic carbocycles. The molecule has 0 saturated heterocycles. The second-order valence-corrected chi connectivity index (χ2v) is 1.85. The summed E-state index contributed by atoms with van der Waals surface area (Å²) in [4.78, 5) is 5.88. The molecular weight excluding hydrogens is 128 g/mol. The summed E-state index contributed by atoms with van der Waals surface area (Å²) in [6.45, 7) is 0.816. The fourth-order valence-electron chi connectivity index (χ4n) is 0.637. The van der Waals surface area contributed by atoms with E-state index in [9.17, 15) is 0 Å². The molecule has 1 heterocycles. The van der Waals surface area contributed by atoms with Gasteiger partial charge in [-0.1, -0.05) is 0 Å². The Morgan fingerprint density at radius 3 is 3.20 bits per heavy atom. The van der Waals surface area contributed by atoms with Gasteiger partial charge >= 0.3 is 0 Å². The number of hydrogen-bond donors (Lipinski definition) is 0. The van der Waals surface area contributed by atoms with Crippen molar-refractivity contribution in [3.8, 4) is 0 Å². The van der Waals surface area contributed by atoms with Crippen molar-refractivity contribution in [1.82, 2.24) is 4.90 Å². The standard InChI is InChI=1S/C7H10N2O/c1-10-7-6-9-4-2-8-3-5-9/h2-4,6-7H,5H2,1H3. The zero-order valence-electron chi connectivity index (χ0n) is 5.90. The summed E-state index contributed by atoms with van der Waals surface area (Å²) in [5.41, 5.74) is 0. The third kappa shape index (κ3) is 1.93. The first kappa shape index (κ1) is 6.86. The predicted molar refractivity (Wildman–Crippen MR) is 40.5 cm³/mol. The number of aliphatic imine (C=N–C) groups is 1. The molecule has 0 spiro atoms. The minimum atomic E-state index is 0.816. The van der Waals surface area contributed by atoms with Crippen molar-refractivity contribution < 1.29 is 4.74 Å². The zero-order chi connectivity index (χ0) is 7.23. The first-order valence-corrected chi connectivity index (χ1v) is 3.07. The molecule has 0 atom stereocenters. The summed E-state index contributed by atoms with van der Waals surface area (Å²) in [6, 6.07) is 0. The molecule has 0 saturated carbocycles. The Balaban J connectivity index is 2.36. The number of methoxy groups -OCH3 is 1. The van der Waals surface area contributed by atoms with E-state index in [1.54, 1.807) is 19.6 Å². The maximum Gasteiger partial charge on any atom is 0.0986 e. The zero-order valence-corrected chi connectivity index (χ0v) is 5.90. The summed E-state index contributed by atoms with van der Waals surface area (Å²) in [5.74, 6) is 0. The molecule has 0 aromatic rings. The van der Waals surface area contributed by atoms with Crippen LogP contribution >= 0.6 is 0 Å². The first-order valence-electron chi connectivity index (χ1n) is 3.07. The Hall–Kier alpha value is -1.25. The van der Waals surface area contributed by atoms with Gasteiger partial charge in [0.2, 0.25) is 0 Å². The van der Waals surface area contributed by atoms with Gasteiger partial charge in [-0.3, -0.25) is 4.99 Å². The molecular formula is C7H10N2O. The third-order valence-corrected chi connectivity index (χ3v) is 1.13. The van der Waals surface area contributed by atoms with E-state index in [2.05, 4.69) is 4.99 Å². The molecule has 1 aliphatic heterocycles. The Kier molecular flexibility index (Phi) is 2.55. The minimum absolute atomic E-state index is 0.816. The Morgan fingerprint density at radius 2 is 2.60 bits per heavy atom. The first-order chi connectivity index (χ1) is 4.93. The second-order valence-electron chi connectivity index (χ2n) is 1.85. The normalized spacial score (nSPS) is 16.7. The van der Waals surface area contributed by atoms with E-state index in [1.807, 2.05) is 23.5 Å². The molecule has 10 heavy (non-hydrogen) atoms. The fourth-order valence-corrected chi connectivity index (χ4v) is 0.637. The molecule has 0 fully saturated rings. The van der Waals surface area contributed by atoms with Gasteiger partial charge in [0.15, 0.2) is 0 Å². The van der Waals surface area contributed by atoms with E-state index in [0.29, 0.717) is 0 Å². The lowest BCUT2D eigenvalue weighted by atomic mass is 10.5. The topological polar surface area (TPSA) is 24.8 Å². The summed E-state index contributed by atoms with van der Waals surface area (Å²) in [7, 11) is 1.62. The van der Waals surface area contributed by atoms with Crippen LogP contribution in [0.5, 0.6) is 0 Å². The summed E-state index contributed by atoms with van der Waals surface area (Å²) in [6.07, 6.45) is 8.93. The van der Waals surface area contributed by atoms with E-state index < -0.39 is 0 Å². The Labute approximate surface area is 60.3 Å². The highest BCUT2D eigenvalue weighted by Crippen LogP contribution is 1.94. The van der Waals surface area contributed by atoms with Gasteiger partial charge < -0.3 is 9.64 Å². The second kappa shape index (κ2) is 3.71. The molecule has 0 aromatic carbocycles. The van der Waals surface area contributed by atoms with Gasteiger partial charge in [-0.15, -0.1) is 0 Å². The fraction of sp³-hybridized carbons (Fsp3) is 0.286. The van der Waals surface area contributed by atoms with Crippen molar-refractivity contribution in [3.05, 3.63) is 24.9 Å². The number of rotatable bonds is 2. The van der Waals surface area contributed by atoms with Gasteiger partial charge in [-0.05, 0) is 0 Å². The van der Waals surface area contributed by atoms with Crippen molar-refractivity contribution in [3.63, 3.8) is 0 Å². The maximum absolute atomic E-state index is 4.74. The molecule has 3 nitrogen and oxygen atoms in total. The highest BCUT2D eigenvalue weighted by Gasteiger charge is 1.92. The van der Waals surface area contributed by atoms with E-state index in [1.165, 1.54) is 0 Å². The SMILES string of the molecule is COC=CN1C=CN=CC1. The monoisotopic (exact) mass is 138 g/mol. The molecule has 0 aromatic heterocycles. The number of nitrogens with zero attached hydrogens (tertiary/aromatic N) is 2. The molecule has 0 bridgehead atoms. The summed E-state index contributed by atoms with van der Waals surface area (Å²) < 4.78 is 4.74. The van der Waals surface area contributed by atoms with Gasteiger partial charge in [-0.25, -0.2) is 0 Å². The van der Waals surface area contributed by atoms with E-state index in [4.69, 9.17) is 4.74 Å². The highest BCUT2D eigenvalue weighted by molar-refractivity contribution is 5.62. The summed E-state index contributed by atoms with van der Waals surface area (Å²) in [5, 5.41) is 0. The molecule has 0 amide bonds. The van der Waals surface area contributed by atoms with Crippen LogP contribution in [0, 0.1) is 0 Å². The predicted octanol–water partition coefficient (Wildman–Crippen LogP) is 0.962. The van der Waals surface area contributed by atoms with Crippen LogP contribution in [0.25, 0.3) is 0 Å². The van der Waals surface area contributed by atoms with E-state index >= 15 is 0 Å². The lowest BCUT2D eigenvalue weighted by Crippen LogP contribution is -2.14. The van der Waals surface area contributed by atoms with E-state index in [0.717, 1.165) is 6.54 Å². The van der Waals surface area contributed by atoms with Gasteiger partial charge in [0, 0.05) is 24.8 Å². The maximum atomic E-state index is 4.74. The van der Waals surface area contributed by atoms with Crippen LogP contribution in [-0.4, -0.2) is 24.8 Å². The molecule has 0 radical (unpaired) electrons. The van der Waals surface area contributed by atoms with Crippen LogP contribution in [-0.2, 0) is 4.74 Å². The molecule has 1 aliphatic rings. The van der Waals surface area contributed by atoms with Crippen LogP contribution in [0.4, 0.5) is 0 Å².